The van der Waals surface area contributed by atoms with Crippen molar-refractivity contribution < 1.29 is 23.1 Å². The molecule has 0 saturated heterocycles. The van der Waals surface area contributed by atoms with Gasteiger partial charge in [0.25, 0.3) is 0 Å². The Morgan fingerprint density at radius 3 is 2.35 bits per heavy atom. The fourth-order valence-electron chi connectivity index (χ4n) is 1.96. The van der Waals surface area contributed by atoms with Crippen LogP contribution in [0.3, 0.4) is 0 Å². The monoisotopic (exact) mass is 303 g/mol. The molecule has 0 aromatic rings. The van der Waals surface area contributed by atoms with Crippen LogP contribution in [0, 0.1) is 0 Å². The van der Waals surface area contributed by atoms with Gasteiger partial charge in [-0.25, -0.2) is 4.79 Å². The Balaban J connectivity index is 3.17. The summed E-state index contributed by atoms with van der Waals surface area (Å²) >= 11 is 0. The maximum Gasteiger partial charge on any atom is 0.342 e. The van der Waals surface area contributed by atoms with E-state index in [2.05, 4.69) is 5.32 Å². The summed E-state index contributed by atoms with van der Waals surface area (Å²) in [5.74, 6) is -0.508. The molecule has 114 valence electrons. The molecule has 1 N–H and O–H groups in total. The summed E-state index contributed by atoms with van der Waals surface area (Å²) in [6.45, 7) is 7.65. The van der Waals surface area contributed by atoms with Gasteiger partial charge in [-0.3, -0.25) is 4.57 Å². The first-order valence-electron chi connectivity index (χ1n) is 6.70. The second kappa shape index (κ2) is 7.62. The van der Waals surface area contributed by atoms with Gasteiger partial charge >= 0.3 is 13.6 Å². The summed E-state index contributed by atoms with van der Waals surface area (Å²) in [6.07, 6.45) is 3.25. The number of nitrogens with one attached hydrogen (secondary N) is 1. The van der Waals surface area contributed by atoms with E-state index in [1.54, 1.807) is 40.0 Å². The first-order valence-corrected chi connectivity index (χ1v) is 8.31. The summed E-state index contributed by atoms with van der Waals surface area (Å²) < 4.78 is 28.6. The van der Waals surface area contributed by atoms with Crippen LogP contribution in [0.4, 0.5) is 0 Å². The molecule has 1 rings (SSSR count). The van der Waals surface area contributed by atoms with Gasteiger partial charge in [0.15, 0.2) is 0 Å². The minimum absolute atomic E-state index is 0.240. The summed E-state index contributed by atoms with van der Waals surface area (Å²) in [5.41, 5.74) is 0.137. The molecule has 0 fully saturated rings. The van der Waals surface area contributed by atoms with Crippen LogP contribution in [0.25, 0.3) is 0 Å². The van der Waals surface area contributed by atoms with Crippen LogP contribution in [0.2, 0.25) is 0 Å². The van der Waals surface area contributed by atoms with E-state index in [-0.39, 0.29) is 19.8 Å². The zero-order valence-electron chi connectivity index (χ0n) is 12.3. The highest BCUT2D eigenvalue weighted by Gasteiger charge is 2.41. The van der Waals surface area contributed by atoms with E-state index in [1.807, 2.05) is 0 Å². The molecule has 6 nitrogen and oxygen atoms in total. The predicted molar refractivity (Wildman–Crippen MR) is 76.3 cm³/mol. The molecule has 0 amide bonds. The van der Waals surface area contributed by atoms with E-state index in [0.29, 0.717) is 11.3 Å². The molecule has 7 heteroatoms. The Bertz CT molecular complexity index is 448. The molecule has 0 saturated carbocycles. The lowest BCUT2D eigenvalue weighted by Crippen LogP contribution is -2.28. The Morgan fingerprint density at radius 1 is 1.25 bits per heavy atom. The van der Waals surface area contributed by atoms with Crippen LogP contribution in [-0.2, 0) is 23.1 Å². The molecular weight excluding hydrogens is 281 g/mol. The summed E-state index contributed by atoms with van der Waals surface area (Å²) in [4.78, 5) is 12.1. The van der Waals surface area contributed by atoms with Gasteiger partial charge in [0.05, 0.1) is 25.4 Å². The topological polar surface area (TPSA) is 73.9 Å². The second-order valence-electron chi connectivity index (χ2n) is 4.08. The molecule has 0 aliphatic carbocycles. The number of hydrogen-bond donors (Lipinski definition) is 1. The number of esters is 1. The normalized spacial score (nSPS) is 18.9. The molecule has 0 radical (unpaired) electrons. The fraction of sp³-hybridized carbons (Fsp3) is 0.615. The lowest BCUT2D eigenvalue weighted by atomic mass is 10.1. The number of hydrogen-bond acceptors (Lipinski definition) is 6. The van der Waals surface area contributed by atoms with Crippen molar-refractivity contribution in [1.82, 2.24) is 5.32 Å². The van der Waals surface area contributed by atoms with Crippen molar-refractivity contribution in [1.29, 1.82) is 0 Å². The first-order chi connectivity index (χ1) is 9.50. The lowest BCUT2D eigenvalue weighted by molar-refractivity contribution is -0.138. The van der Waals surface area contributed by atoms with Crippen molar-refractivity contribution in [3.8, 4) is 0 Å². The maximum absolute atomic E-state index is 12.9. The van der Waals surface area contributed by atoms with E-state index in [1.165, 1.54) is 0 Å². The van der Waals surface area contributed by atoms with Gasteiger partial charge in [0.2, 0.25) is 0 Å². The van der Waals surface area contributed by atoms with Gasteiger partial charge in [0, 0.05) is 5.70 Å². The highest BCUT2D eigenvalue weighted by atomic mass is 31.2. The molecule has 0 aromatic heterocycles. The molecule has 0 bridgehead atoms. The van der Waals surface area contributed by atoms with Crippen LogP contribution in [0.5, 0.6) is 0 Å². The molecule has 1 heterocycles. The van der Waals surface area contributed by atoms with Gasteiger partial charge < -0.3 is 19.1 Å². The highest BCUT2D eigenvalue weighted by Crippen LogP contribution is 2.56. The van der Waals surface area contributed by atoms with E-state index in [9.17, 15) is 9.36 Å². The third-order valence-electron chi connectivity index (χ3n) is 2.73. The average molecular weight is 303 g/mol. The molecule has 1 aliphatic rings. The number of dihydropyridines is 1. The third-order valence-corrected chi connectivity index (χ3v) is 5.08. The van der Waals surface area contributed by atoms with E-state index < -0.39 is 19.2 Å². The zero-order chi connectivity index (χ0) is 15.2. The lowest BCUT2D eigenvalue weighted by Gasteiger charge is -2.28. The van der Waals surface area contributed by atoms with Crippen LogP contribution in [0.1, 0.15) is 27.7 Å². The Kier molecular flexibility index (Phi) is 6.46. The highest BCUT2D eigenvalue weighted by molar-refractivity contribution is 7.55. The van der Waals surface area contributed by atoms with Gasteiger partial charge in [-0.2, -0.15) is 0 Å². The predicted octanol–water partition coefficient (Wildman–Crippen LogP) is 2.58. The number of rotatable bonds is 7. The maximum atomic E-state index is 12.9. The van der Waals surface area contributed by atoms with E-state index in [0.717, 1.165) is 0 Å². The van der Waals surface area contributed by atoms with Gasteiger partial charge in [-0.15, -0.1) is 0 Å². The number of carbonyl (C=O) groups is 1. The molecule has 1 aliphatic heterocycles. The zero-order valence-corrected chi connectivity index (χ0v) is 13.2. The van der Waals surface area contributed by atoms with Gasteiger partial charge in [0.1, 0.15) is 5.66 Å². The smallest absolute Gasteiger partial charge is 0.342 e. The van der Waals surface area contributed by atoms with Crippen molar-refractivity contribution in [3.63, 3.8) is 0 Å². The third kappa shape index (κ3) is 3.72. The van der Waals surface area contributed by atoms with Crippen LogP contribution >= 0.6 is 7.60 Å². The van der Waals surface area contributed by atoms with Crippen LogP contribution < -0.4 is 5.32 Å². The molecule has 20 heavy (non-hydrogen) atoms. The van der Waals surface area contributed by atoms with Crippen molar-refractivity contribution in [2.45, 2.75) is 33.4 Å². The number of ether oxygens (including phenoxy) is 1. The van der Waals surface area contributed by atoms with Crippen molar-refractivity contribution in [3.05, 3.63) is 23.5 Å². The summed E-state index contributed by atoms with van der Waals surface area (Å²) in [5, 5.41) is 2.92. The van der Waals surface area contributed by atoms with Crippen molar-refractivity contribution in [2.75, 3.05) is 19.8 Å². The number of allylic oxidation sites excluding steroid dienone is 2. The first kappa shape index (κ1) is 17.0. The molecular formula is C13H22NO5P. The second-order valence-corrected chi connectivity index (χ2v) is 6.24. The van der Waals surface area contributed by atoms with Gasteiger partial charge in [-0.05, 0) is 40.0 Å². The fourth-order valence-corrected chi connectivity index (χ4v) is 3.99. The van der Waals surface area contributed by atoms with Crippen molar-refractivity contribution >= 4 is 13.6 Å². The summed E-state index contributed by atoms with van der Waals surface area (Å²) in [7, 11) is -3.45. The van der Waals surface area contributed by atoms with Crippen molar-refractivity contribution in [2.24, 2.45) is 0 Å². The Hall–Kier alpha value is -1.10. The minimum atomic E-state index is -3.45. The minimum Gasteiger partial charge on any atom is -0.463 e. The summed E-state index contributed by atoms with van der Waals surface area (Å²) in [6, 6.07) is 0. The average Bonchev–Trinajstić information content (AvgIpc) is 2.39. The number of carbonyl (C=O) groups excluding carboxylic acids is 1. The quantitative estimate of drug-likeness (QED) is 0.575. The van der Waals surface area contributed by atoms with E-state index in [4.69, 9.17) is 13.8 Å². The Labute approximate surface area is 119 Å². The van der Waals surface area contributed by atoms with Crippen LogP contribution in [0.15, 0.2) is 23.5 Å². The molecule has 1 atom stereocenters. The van der Waals surface area contributed by atoms with Gasteiger partial charge in [-0.1, -0.05) is 0 Å². The standard InChI is InChI=1S/C13H22NO5P/c1-5-17-13(15)12-10(4)14-9-8-11(12)20(16,18-6-2)19-7-3/h8-9,11,14H,5-7H2,1-4H3. The van der Waals surface area contributed by atoms with Crippen LogP contribution in [-0.4, -0.2) is 31.4 Å². The molecule has 0 aromatic carbocycles. The molecule has 0 spiro atoms. The SMILES string of the molecule is CCOC(=O)C1=C(C)NC=CC1P(=O)(OCC)OCC. The Morgan fingerprint density at radius 2 is 1.85 bits per heavy atom. The van der Waals surface area contributed by atoms with E-state index >= 15 is 0 Å². The molecule has 1 unspecified atom stereocenters. The largest absolute Gasteiger partial charge is 0.463 e.